The zero-order chi connectivity index (χ0) is 18.8. The van der Waals surface area contributed by atoms with E-state index in [1.165, 1.54) is 19.3 Å². The topological polar surface area (TPSA) is 79.0 Å². The number of nitrogens with one attached hydrogen (secondary N) is 1. The minimum absolute atomic E-state index is 0.0960. The predicted molar refractivity (Wildman–Crippen MR) is 103 cm³/mol. The third-order valence-electron chi connectivity index (χ3n) is 7.59. The number of aromatic amines is 1. The quantitative estimate of drug-likeness (QED) is 0.870. The molecule has 3 fully saturated rings. The summed E-state index contributed by atoms with van der Waals surface area (Å²) < 4.78 is 0. The van der Waals surface area contributed by atoms with Crippen LogP contribution >= 0.6 is 0 Å². The summed E-state index contributed by atoms with van der Waals surface area (Å²) in [6, 6.07) is 5.57. The summed E-state index contributed by atoms with van der Waals surface area (Å²) in [7, 11) is 0. The van der Waals surface area contributed by atoms with Crippen LogP contribution in [-0.4, -0.2) is 38.8 Å². The second kappa shape index (κ2) is 6.00. The monoisotopic (exact) mass is 376 g/mol. The Hall–Kier alpha value is -2.50. The maximum absolute atomic E-state index is 13.2. The first-order chi connectivity index (χ1) is 13.7. The van der Waals surface area contributed by atoms with E-state index in [0.717, 1.165) is 23.1 Å². The van der Waals surface area contributed by atoms with Gasteiger partial charge in [-0.05, 0) is 61.5 Å². The molecule has 0 spiro atoms. The van der Waals surface area contributed by atoms with E-state index in [0.29, 0.717) is 55.2 Å². The van der Waals surface area contributed by atoms with Gasteiger partial charge in [-0.1, -0.05) is 6.07 Å². The van der Waals surface area contributed by atoms with Gasteiger partial charge in [-0.15, -0.1) is 0 Å². The molecule has 4 aliphatic rings. The standard InChI is InChI=1S/C22H24N4O2/c27-21-14-6-9-26(22(28)19-17-12-4-5-13(11-12)18(17)19)10-7-15(14)24-20(25-21)16-3-1-2-8-23-16/h1-3,8,12-13,17-19H,4-7,9-11H2,(H,24,25,27)/t12-,13-,17+,18+/m0/s1. The second-order valence-electron chi connectivity index (χ2n) is 8.89. The smallest absolute Gasteiger partial charge is 0.254 e. The average Bonchev–Trinajstić information content (AvgIpc) is 3.26. The summed E-state index contributed by atoms with van der Waals surface area (Å²) >= 11 is 0. The van der Waals surface area contributed by atoms with Crippen molar-refractivity contribution in [1.82, 2.24) is 19.9 Å². The van der Waals surface area contributed by atoms with E-state index in [2.05, 4.69) is 9.97 Å². The van der Waals surface area contributed by atoms with Crippen molar-refractivity contribution in [3.05, 3.63) is 46.0 Å². The molecule has 2 aromatic rings. The van der Waals surface area contributed by atoms with Crippen molar-refractivity contribution in [2.45, 2.75) is 32.1 Å². The van der Waals surface area contributed by atoms with Crippen molar-refractivity contribution >= 4 is 5.91 Å². The fraction of sp³-hybridized carbons (Fsp3) is 0.545. The summed E-state index contributed by atoms with van der Waals surface area (Å²) in [5.41, 5.74) is 2.11. The minimum atomic E-state index is -0.0960. The molecule has 1 amide bonds. The van der Waals surface area contributed by atoms with Gasteiger partial charge in [0.2, 0.25) is 5.91 Å². The first-order valence-corrected chi connectivity index (χ1v) is 10.5. The summed E-state index contributed by atoms with van der Waals surface area (Å²) in [4.78, 5) is 39.7. The third kappa shape index (κ3) is 2.39. The Morgan fingerprint density at radius 3 is 2.64 bits per heavy atom. The normalized spacial score (nSPS) is 32.6. The van der Waals surface area contributed by atoms with Crippen molar-refractivity contribution in [2.24, 2.45) is 29.6 Å². The number of aromatic nitrogens is 3. The van der Waals surface area contributed by atoms with Crippen LogP contribution in [-0.2, 0) is 17.6 Å². The number of hydrogen-bond acceptors (Lipinski definition) is 4. The van der Waals surface area contributed by atoms with Crippen LogP contribution in [0.1, 0.15) is 30.5 Å². The van der Waals surface area contributed by atoms with Crippen LogP contribution in [0.15, 0.2) is 29.2 Å². The highest BCUT2D eigenvalue weighted by atomic mass is 16.2. The van der Waals surface area contributed by atoms with Crippen LogP contribution in [0.25, 0.3) is 11.5 Å². The Labute approximate surface area is 163 Å². The molecule has 28 heavy (non-hydrogen) atoms. The van der Waals surface area contributed by atoms with Crippen LogP contribution in [0.3, 0.4) is 0 Å². The molecule has 3 aliphatic carbocycles. The van der Waals surface area contributed by atoms with E-state index in [1.54, 1.807) is 6.20 Å². The molecule has 144 valence electrons. The molecule has 6 heteroatoms. The maximum atomic E-state index is 13.2. The highest BCUT2D eigenvalue weighted by Crippen LogP contribution is 2.69. The first kappa shape index (κ1) is 16.5. The number of carbonyl (C=O) groups excluding carboxylic acids is 1. The molecular weight excluding hydrogens is 352 g/mol. The van der Waals surface area contributed by atoms with Gasteiger partial charge in [-0.2, -0.15) is 0 Å². The SMILES string of the molecule is O=C(C1[C@@H]2[C@H]3CC[C@@H](C3)[C@@H]12)N1CCc2nc(-c3ccccn3)[nH]c(=O)c2CC1. The lowest BCUT2D eigenvalue weighted by molar-refractivity contribution is -0.133. The van der Waals surface area contributed by atoms with Crippen LogP contribution in [0, 0.1) is 29.6 Å². The molecule has 0 radical (unpaired) electrons. The van der Waals surface area contributed by atoms with Gasteiger partial charge in [-0.3, -0.25) is 14.6 Å². The number of hydrogen-bond donors (Lipinski definition) is 1. The summed E-state index contributed by atoms with van der Waals surface area (Å²) in [5.74, 6) is 4.04. The van der Waals surface area contributed by atoms with Crippen LogP contribution in [0.2, 0.25) is 0 Å². The molecule has 3 saturated carbocycles. The van der Waals surface area contributed by atoms with Gasteiger partial charge in [-0.25, -0.2) is 4.98 Å². The molecule has 2 bridgehead atoms. The molecule has 4 atom stereocenters. The third-order valence-corrected chi connectivity index (χ3v) is 7.59. The Kier molecular flexibility index (Phi) is 3.52. The summed E-state index contributed by atoms with van der Waals surface area (Å²) in [5, 5.41) is 0. The molecule has 0 saturated heterocycles. The number of fused-ring (bicyclic) bond motifs is 6. The molecule has 1 aliphatic heterocycles. The lowest BCUT2D eigenvalue weighted by atomic mass is 10.0. The number of pyridine rings is 1. The summed E-state index contributed by atoms with van der Waals surface area (Å²) in [6.07, 6.45) is 6.94. The molecule has 1 N–H and O–H groups in total. The molecule has 0 aromatic carbocycles. The number of nitrogens with zero attached hydrogens (tertiary/aromatic N) is 3. The number of amides is 1. The van der Waals surface area contributed by atoms with Gasteiger partial charge in [0.15, 0.2) is 5.82 Å². The molecule has 0 unspecified atom stereocenters. The lowest BCUT2D eigenvalue weighted by Crippen LogP contribution is -2.36. The molecule has 6 rings (SSSR count). The molecular formula is C22H24N4O2. The summed E-state index contributed by atoms with van der Waals surface area (Å²) in [6.45, 7) is 1.29. The largest absolute Gasteiger partial charge is 0.342 e. The van der Waals surface area contributed by atoms with Crippen LogP contribution in [0.5, 0.6) is 0 Å². The fourth-order valence-electron chi connectivity index (χ4n) is 6.32. The van der Waals surface area contributed by atoms with Gasteiger partial charge in [0.05, 0.1) is 5.69 Å². The minimum Gasteiger partial charge on any atom is -0.342 e. The van der Waals surface area contributed by atoms with E-state index < -0.39 is 0 Å². The number of carbonyl (C=O) groups is 1. The van der Waals surface area contributed by atoms with Crippen LogP contribution in [0.4, 0.5) is 0 Å². The van der Waals surface area contributed by atoms with Crippen molar-refractivity contribution in [1.29, 1.82) is 0 Å². The zero-order valence-electron chi connectivity index (χ0n) is 15.8. The molecule has 2 aromatic heterocycles. The average molecular weight is 376 g/mol. The first-order valence-electron chi connectivity index (χ1n) is 10.5. The van der Waals surface area contributed by atoms with Gasteiger partial charge in [0.1, 0.15) is 5.69 Å². The highest BCUT2D eigenvalue weighted by molar-refractivity contribution is 5.83. The Bertz CT molecular complexity index is 985. The van der Waals surface area contributed by atoms with Gasteiger partial charge < -0.3 is 9.88 Å². The van der Waals surface area contributed by atoms with Gasteiger partial charge in [0.25, 0.3) is 5.56 Å². The lowest BCUT2D eigenvalue weighted by Gasteiger charge is -2.22. The van der Waals surface area contributed by atoms with E-state index in [9.17, 15) is 9.59 Å². The Morgan fingerprint density at radius 2 is 1.89 bits per heavy atom. The van der Waals surface area contributed by atoms with E-state index >= 15 is 0 Å². The van der Waals surface area contributed by atoms with Crippen molar-refractivity contribution in [3.8, 4) is 11.5 Å². The fourth-order valence-corrected chi connectivity index (χ4v) is 6.32. The number of H-pyrrole nitrogens is 1. The highest BCUT2D eigenvalue weighted by Gasteiger charge is 2.67. The maximum Gasteiger partial charge on any atom is 0.254 e. The van der Waals surface area contributed by atoms with Gasteiger partial charge >= 0.3 is 0 Å². The molecule has 6 nitrogen and oxygen atoms in total. The van der Waals surface area contributed by atoms with Gasteiger partial charge in [0, 0.05) is 37.2 Å². The van der Waals surface area contributed by atoms with E-state index in [1.807, 2.05) is 23.1 Å². The molecule has 3 heterocycles. The zero-order valence-corrected chi connectivity index (χ0v) is 15.8. The van der Waals surface area contributed by atoms with Crippen molar-refractivity contribution in [3.63, 3.8) is 0 Å². The van der Waals surface area contributed by atoms with E-state index in [-0.39, 0.29) is 11.5 Å². The Morgan fingerprint density at radius 1 is 1.11 bits per heavy atom. The number of rotatable bonds is 2. The predicted octanol–water partition coefficient (Wildman–Crippen LogP) is 2.05. The Balaban J connectivity index is 1.22. The second-order valence-corrected chi connectivity index (χ2v) is 8.89. The van der Waals surface area contributed by atoms with E-state index in [4.69, 9.17) is 4.98 Å². The van der Waals surface area contributed by atoms with Crippen LogP contribution < -0.4 is 5.56 Å². The van der Waals surface area contributed by atoms with Crippen molar-refractivity contribution < 1.29 is 4.79 Å². The van der Waals surface area contributed by atoms with Crippen molar-refractivity contribution in [2.75, 3.05) is 13.1 Å².